The van der Waals surface area contributed by atoms with E-state index in [4.69, 9.17) is 4.74 Å². The summed E-state index contributed by atoms with van der Waals surface area (Å²) in [5.41, 5.74) is 0.570. The van der Waals surface area contributed by atoms with Crippen LogP contribution in [0.25, 0.3) is 0 Å². The minimum absolute atomic E-state index is 0.0826. The van der Waals surface area contributed by atoms with Crippen molar-refractivity contribution in [1.29, 1.82) is 0 Å². The molecule has 3 rings (SSSR count). The Balaban J connectivity index is 1.36. The van der Waals surface area contributed by atoms with Gasteiger partial charge >= 0.3 is 0 Å². The van der Waals surface area contributed by atoms with Crippen molar-refractivity contribution in [3.05, 3.63) is 29.3 Å². The van der Waals surface area contributed by atoms with Gasteiger partial charge in [0, 0.05) is 0 Å². The van der Waals surface area contributed by atoms with E-state index < -0.39 is 11.6 Å². The molecular weight excluding hydrogens is 486 g/mol. The van der Waals surface area contributed by atoms with Crippen LogP contribution in [-0.4, -0.2) is 6.61 Å². The predicted octanol–water partition coefficient (Wildman–Crippen LogP) is 12.2. The maximum absolute atomic E-state index is 15.1. The third kappa shape index (κ3) is 10.7. The van der Waals surface area contributed by atoms with E-state index >= 15 is 4.39 Å². The molecule has 0 saturated heterocycles. The van der Waals surface area contributed by atoms with E-state index in [0.29, 0.717) is 12.2 Å². The van der Waals surface area contributed by atoms with E-state index in [2.05, 4.69) is 20.8 Å². The molecule has 1 aromatic rings. The number of unbranched alkanes of at least 4 members (excludes halogenated alkanes) is 10. The van der Waals surface area contributed by atoms with Crippen molar-refractivity contribution in [2.75, 3.05) is 6.61 Å². The van der Waals surface area contributed by atoms with Crippen molar-refractivity contribution < 1.29 is 13.5 Å². The normalized spacial score (nSPS) is 24.5. The highest BCUT2D eigenvalue weighted by Crippen LogP contribution is 2.45. The van der Waals surface area contributed by atoms with Gasteiger partial charge in [-0.25, -0.2) is 4.39 Å². The SMILES string of the molecule is CCCCCCCCOc1ccc(C2CCC(C(C)C3CCC(CCCCCCCC)CC3)CC2)c(F)c1F. The van der Waals surface area contributed by atoms with Crippen LogP contribution in [0.2, 0.25) is 0 Å². The lowest BCUT2D eigenvalue weighted by Crippen LogP contribution is -2.28. The molecule has 1 atom stereocenters. The second kappa shape index (κ2) is 18.3. The number of benzene rings is 1. The molecular formula is C36H60F2O. The van der Waals surface area contributed by atoms with Gasteiger partial charge in [-0.3, -0.25) is 0 Å². The van der Waals surface area contributed by atoms with Gasteiger partial charge in [0.15, 0.2) is 11.6 Å². The monoisotopic (exact) mass is 546 g/mol. The summed E-state index contributed by atoms with van der Waals surface area (Å²) in [6.07, 6.45) is 26.7. The Hall–Kier alpha value is -1.12. The van der Waals surface area contributed by atoms with Gasteiger partial charge in [0.25, 0.3) is 0 Å². The smallest absolute Gasteiger partial charge is 0.200 e. The standard InChI is InChI=1S/C36H60F2O/c1-4-6-8-10-12-14-16-29-17-19-30(20-18-29)28(3)31-21-23-32(24-22-31)33-25-26-34(36(38)35(33)37)39-27-15-13-11-9-7-5-2/h25-26,28-32H,4-24,27H2,1-3H3. The van der Waals surface area contributed by atoms with Gasteiger partial charge in [-0.1, -0.05) is 117 Å². The van der Waals surface area contributed by atoms with Crippen molar-refractivity contribution in [1.82, 2.24) is 0 Å². The number of hydrogen-bond donors (Lipinski definition) is 0. The van der Waals surface area contributed by atoms with E-state index in [1.165, 1.54) is 96.3 Å². The summed E-state index contributed by atoms with van der Waals surface area (Å²) in [5, 5.41) is 0. The van der Waals surface area contributed by atoms with Crippen molar-refractivity contribution in [3.8, 4) is 5.75 Å². The lowest BCUT2D eigenvalue weighted by Gasteiger charge is -2.39. The molecule has 2 aliphatic rings. The second-order valence-corrected chi connectivity index (χ2v) is 13.2. The van der Waals surface area contributed by atoms with E-state index in [1.807, 2.05) is 0 Å². The Morgan fingerprint density at radius 2 is 1.21 bits per heavy atom. The van der Waals surface area contributed by atoms with Crippen LogP contribution in [0.15, 0.2) is 12.1 Å². The Kier molecular flexibility index (Phi) is 15.2. The number of rotatable bonds is 18. The molecule has 0 N–H and O–H groups in total. The van der Waals surface area contributed by atoms with Gasteiger partial charge in [-0.15, -0.1) is 0 Å². The third-order valence-corrected chi connectivity index (χ3v) is 10.4. The highest BCUT2D eigenvalue weighted by molar-refractivity contribution is 5.33. The Labute approximate surface area is 240 Å². The molecule has 224 valence electrons. The topological polar surface area (TPSA) is 9.23 Å². The van der Waals surface area contributed by atoms with Crippen molar-refractivity contribution >= 4 is 0 Å². The number of ether oxygens (including phenoxy) is 1. The largest absolute Gasteiger partial charge is 0.490 e. The van der Waals surface area contributed by atoms with E-state index in [-0.39, 0.29) is 11.7 Å². The fourth-order valence-electron chi connectivity index (χ4n) is 7.59. The zero-order chi connectivity index (χ0) is 27.9. The minimum atomic E-state index is -0.785. The molecule has 0 aliphatic heterocycles. The molecule has 1 nitrogen and oxygen atoms in total. The third-order valence-electron chi connectivity index (χ3n) is 10.4. The molecule has 0 amide bonds. The Bertz CT molecular complexity index is 777. The maximum atomic E-state index is 15.1. The highest BCUT2D eigenvalue weighted by atomic mass is 19.2. The van der Waals surface area contributed by atoms with Crippen LogP contribution < -0.4 is 4.74 Å². The fraction of sp³-hybridized carbons (Fsp3) is 0.833. The summed E-state index contributed by atoms with van der Waals surface area (Å²) >= 11 is 0. The average Bonchev–Trinajstić information content (AvgIpc) is 2.96. The van der Waals surface area contributed by atoms with Crippen LogP contribution in [0.5, 0.6) is 5.75 Å². The van der Waals surface area contributed by atoms with Gasteiger partial charge in [0.1, 0.15) is 0 Å². The van der Waals surface area contributed by atoms with Crippen LogP contribution in [0.3, 0.4) is 0 Å². The molecule has 0 spiro atoms. The Morgan fingerprint density at radius 1 is 0.667 bits per heavy atom. The zero-order valence-corrected chi connectivity index (χ0v) is 25.8. The molecule has 1 aromatic carbocycles. The van der Waals surface area contributed by atoms with Crippen LogP contribution >= 0.6 is 0 Å². The van der Waals surface area contributed by atoms with Gasteiger partial charge in [0.05, 0.1) is 6.61 Å². The number of halogens is 2. The summed E-state index contributed by atoms with van der Waals surface area (Å²) in [7, 11) is 0. The lowest BCUT2D eigenvalue weighted by molar-refractivity contribution is 0.131. The van der Waals surface area contributed by atoms with Crippen molar-refractivity contribution in [2.45, 2.75) is 162 Å². The molecule has 2 aliphatic carbocycles. The second-order valence-electron chi connectivity index (χ2n) is 13.2. The van der Waals surface area contributed by atoms with Crippen LogP contribution in [-0.2, 0) is 0 Å². The Morgan fingerprint density at radius 3 is 1.82 bits per heavy atom. The van der Waals surface area contributed by atoms with E-state index in [0.717, 1.165) is 62.2 Å². The fourth-order valence-corrected chi connectivity index (χ4v) is 7.59. The quantitative estimate of drug-likeness (QED) is 0.166. The van der Waals surface area contributed by atoms with Crippen LogP contribution in [0, 0.1) is 35.3 Å². The van der Waals surface area contributed by atoms with Gasteiger partial charge in [-0.2, -0.15) is 4.39 Å². The number of hydrogen-bond acceptors (Lipinski definition) is 1. The highest BCUT2D eigenvalue weighted by Gasteiger charge is 2.33. The molecule has 2 saturated carbocycles. The maximum Gasteiger partial charge on any atom is 0.200 e. The first-order valence-electron chi connectivity index (χ1n) is 17.2. The van der Waals surface area contributed by atoms with Crippen molar-refractivity contribution in [2.24, 2.45) is 23.7 Å². The first kappa shape index (κ1) is 32.4. The summed E-state index contributed by atoms with van der Waals surface area (Å²) in [4.78, 5) is 0. The first-order valence-corrected chi connectivity index (χ1v) is 17.2. The van der Waals surface area contributed by atoms with E-state index in [9.17, 15) is 4.39 Å². The summed E-state index contributed by atoms with van der Waals surface area (Å²) in [5.74, 6) is 2.11. The van der Waals surface area contributed by atoms with Gasteiger partial charge in [0.2, 0.25) is 5.82 Å². The zero-order valence-electron chi connectivity index (χ0n) is 25.8. The molecule has 0 bridgehead atoms. The van der Waals surface area contributed by atoms with Crippen LogP contribution in [0.4, 0.5) is 8.78 Å². The summed E-state index contributed by atoms with van der Waals surface area (Å²) < 4.78 is 35.5. The summed E-state index contributed by atoms with van der Waals surface area (Å²) in [6, 6.07) is 3.47. The molecule has 0 aromatic heterocycles. The predicted molar refractivity (Wildman–Crippen MR) is 163 cm³/mol. The van der Waals surface area contributed by atoms with Gasteiger partial charge in [-0.05, 0) is 86.2 Å². The molecule has 3 heteroatoms. The molecule has 0 radical (unpaired) electrons. The van der Waals surface area contributed by atoms with E-state index in [1.54, 1.807) is 12.1 Å². The molecule has 39 heavy (non-hydrogen) atoms. The summed E-state index contributed by atoms with van der Waals surface area (Å²) in [6.45, 7) is 7.45. The van der Waals surface area contributed by atoms with Crippen molar-refractivity contribution in [3.63, 3.8) is 0 Å². The minimum Gasteiger partial charge on any atom is -0.490 e. The molecule has 1 unspecified atom stereocenters. The average molecular weight is 547 g/mol. The van der Waals surface area contributed by atoms with Gasteiger partial charge < -0.3 is 4.74 Å². The van der Waals surface area contributed by atoms with Crippen LogP contribution in [0.1, 0.15) is 167 Å². The molecule has 0 heterocycles. The lowest BCUT2D eigenvalue weighted by atomic mass is 9.66. The first-order chi connectivity index (χ1) is 19.0. The molecule has 2 fully saturated rings.